The molecule has 3 N–H and O–H groups in total. The molecule has 0 saturated heterocycles. The Balaban J connectivity index is 3.46. The first-order chi connectivity index (χ1) is 5.04. The summed E-state index contributed by atoms with van der Waals surface area (Å²) in [5.41, 5.74) is 5.45. The molecule has 9 heavy (non-hydrogen) atoms. The molecule has 0 saturated carbocycles. The van der Waals surface area contributed by atoms with E-state index in [0.717, 1.165) is 0 Å². The zero-order chi connectivity index (χ0) is 8.59. The first kappa shape index (κ1) is 4.01. The number of rotatable bonds is 0. The molecule has 0 unspecified atom stereocenters. The lowest BCUT2D eigenvalue weighted by atomic mass is 10.3. The van der Waals surface area contributed by atoms with Crippen LogP contribution < -0.4 is 5.73 Å². The zero-order valence-electron chi connectivity index (χ0n) is 6.48. The van der Waals surface area contributed by atoms with Gasteiger partial charge < -0.3 is 10.8 Å². The van der Waals surface area contributed by atoms with Crippen molar-refractivity contribution < 1.29 is 7.85 Å². The van der Waals surface area contributed by atoms with Crippen molar-refractivity contribution in [3.63, 3.8) is 0 Å². The molecular weight excluding hydrogens is 138 g/mol. The molecule has 0 aromatic heterocycles. The Labute approximate surface area is 60.7 Å². The van der Waals surface area contributed by atoms with Crippen molar-refractivity contribution in [1.82, 2.24) is 0 Å². The second kappa shape index (κ2) is 2.15. The van der Waals surface area contributed by atoms with E-state index in [0.29, 0.717) is 0 Å². The number of phenols is 1. The van der Waals surface area contributed by atoms with Gasteiger partial charge in [0.2, 0.25) is 0 Å². The number of hydrogen-bond acceptors (Lipinski definition) is 2. The van der Waals surface area contributed by atoms with Gasteiger partial charge in [-0.25, -0.2) is 0 Å². The van der Waals surface area contributed by atoms with E-state index >= 15 is 0 Å². The van der Waals surface area contributed by atoms with E-state index in [1.54, 1.807) is 0 Å². The van der Waals surface area contributed by atoms with Crippen LogP contribution in [0.5, 0.6) is 5.75 Å². The molecule has 3 heteroatoms. The highest BCUT2D eigenvalue weighted by Crippen LogP contribution is 2.22. The van der Waals surface area contributed by atoms with Crippen LogP contribution in [0.1, 0.15) is 2.74 Å². The molecule has 0 amide bonds. The van der Waals surface area contributed by atoms with Gasteiger partial charge in [-0.3, -0.25) is 0 Å². The molecule has 2 nitrogen and oxygen atoms in total. The largest absolute Gasteiger partial charge is 0.508 e. The number of nitrogen functional groups attached to an aromatic ring is 1. The molecule has 0 atom stereocenters. The van der Waals surface area contributed by atoms with Gasteiger partial charge >= 0.3 is 0 Å². The molecule has 48 valence electrons. The van der Waals surface area contributed by atoms with Gasteiger partial charge in [0.05, 0.1) is 13.5 Å². The Kier molecular flexibility index (Phi) is 0.958. The quantitative estimate of drug-likeness (QED) is 0.431. The van der Waals surface area contributed by atoms with Crippen molar-refractivity contribution in [3.8, 4) is 5.75 Å². The smallest absolute Gasteiger partial charge is 0.117 e. The van der Waals surface area contributed by atoms with E-state index in [1.807, 2.05) is 0 Å². The molecule has 0 heterocycles. The zero-order valence-corrected chi connectivity index (χ0v) is 5.24. The third-order valence-electron chi connectivity index (χ3n) is 0.846. The Morgan fingerprint density at radius 2 is 2.44 bits per heavy atom. The standard InChI is InChI=1S/C6H6ClNO/c7-5-3-4(9)1-2-6(5)8/h1-3,9H,8H2/i1D,3D. The molecule has 0 bridgehead atoms. The second-order valence-corrected chi connectivity index (χ2v) is 1.91. The summed E-state index contributed by atoms with van der Waals surface area (Å²) in [5, 5.41) is 8.98. The molecule has 1 aromatic carbocycles. The van der Waals surface area contributed by atoms with Crippen molar-refractivity contribution in [3.05, 3.63) is 23.2 Å². The van der Waals surface area contributed by atoms with Gasteiger partial charge in [-0.2, -0.15) is 0 Å². The lowest BCUT2D eigenvalue weighted by Crippen LogP contribution is -1.83. The van der Waals surface area contributed by atoms with Gasteiger partial charge in [-0.1, -0.05) is 11.6 Å². The predicted molar refractivity (Wildman–Crippen MR) is 37.5 cm³/mol. The normalized spacial score (nSPS) is 12.6. The van der Waals surface area contributed by atoms with E-state index < -0.39 is 5.75 Å². The molecule has 0 fully saturated rings. The topological polar surface area (TPSA) is 46.2 Å². The fourth-order valence-corrected chi connectivity index (χ4v) is 0.566. The van der Waals surface area contributed by atoms with E-state index in [9.17, 15) is 0 Å². The van der Waals surface area contributed by atoms with E-state index in [4.69, 9.17) is 25.2 Å². The summed E-state index contributed by atoms with van der Waals surface area (Å²) < 4.78 is 14.2. The van der Waals surface area contributed by atoms with Crippen molar-refractivity contribution in [2.24, 2.45) is 0 Å². The Morgan fingerprint density at radius 3 is 3.11 bits per heavy atom. The fourth-order valence-electron chi connectivity index (χ4n) is 0.422. The molecule has 0 radical (unpaired) electrons. The Hall–Kier alpha value is -0.890. The van der Waals surface area contributed by atoms with Crippen molar-refractivity contribution in [1.29, 1.82) is 0 Å². The summed E-state index contributed by atoms with van der Waals surface area (Å²) in [5.74, 6) is -0.441. The van der Waals surface area contributed by atoms with Crippen LogP contribution in [0.15, 0.2) is 18.2 Å². The minimum atomic E-state index is -0.441. The number of benzene rings is 1. The van der Waals surface area contributed by atoms with Gasteiger partial charge in [0, 0.05) is 6.04 Å². The summed E-state index contributed by atoms with van der Waals surface area (Å²) in [7, 11) is 0. The predicted octanol–water partition coefficient (Wildman–Crippen LogP) is 1.63. The number of anilines is 1. The van der Waals surface area contributed by atoms with Gasteiger partial charge in [0.25, 0.3) is 0 Å². The minimum Gasteiger partial charge on any atom is -0.508 e. The molecule has 1 rings (SSSR count). The summed E-state index contributed by atoms with van der Waals surface area (Å²) in [6.07, 6.45) is 0. The van der Waals surface area contributed by atoms with Crippen LogP contribution in [0, 0.1) is 0 Å². The number of phenolic OH excluding ortho intramolecular Hbond substituents is 1. The lowest BCUT2D eigenvalue weighted by Gasteiger charge is -1.95. The third kappa shape index (κ3) is 1.27. The molecule has 0 spiro atoms. The highest BCUT2D eigenvalue weighted by molar-refractivity contribution is 6.33. The van der Waals surface area contributed by atoms with Crippen LogP contribution in [0.2, 0.25) is 5.02 Å². The molecule has 0 aliphatic heterocycles. The van der Waals surface area contributed by atoms with Gasteiger partial charge in [-0.15, -0.1) is 0 Å². The summed E-state index contributed by atoms with van der Waals surface area (Å²) in [4.78, 5) is 0. The fraction of sp³-hybridized carbons (Fsp3) is 0. The minimum absolute atomic E-state index is 0.0153. The summed E-state index contributed by atoms with van der Waals surface area (Å²) in [6.45, 7) is 0. The maximum absolute atomic E-state index is 9.00. The molecule has 0 aliphatic carbocycles. The van der Waals surface area contributed by atoms with Gasteiger partial charge in [0.15, 0.2) is 0 Å². The highest BCUT2D eigenvalue weighted by atomic mass is 35.5. The SMILES string of the molecule is [2H]c1cc(N)c(Cl)c([2H])c1O. The van der Waals surface area contributed by atoms with Gasteiger partial charge in [0.1, 0.15) is 5.75 Å². The number of aromatic hydroxyl groups is 1. The first-order valence-corrected chi connectivity index (χ1v) is 2.66. The Bertz CT molecular complexity index is 277. The van der Waals surface area contributed by atoms with Crippen LogP contribution in [-0.4, -0.2) is 5.11 Å². The van der Waals surface area contributed by atoms with Crippen LogP contribution >= 0.6 is 11.6 Å². The maximum Gasteiger partial charge on any atom is 0.117 e. The van der Waals surface area contributed by atoms with Crippen molar-refractivity contribution in [2.45, 2.75) is 0 Å². The molecular formula is C6H6ClNO. The lowest BCUT2D eigenvalue weighted by molar-refractivity contribution is 0.475. The first-order valence-electron chi connectivity index (χ1n) is 3.28. The van der Waals surface area contributed by atoms with Crippen LogP contribution in [0.4, 0.5) is 5.69 Å². The van der Waals surface area contributed by atoms with Gasteiger partial charge in [-0.05, 0) is 12.1 Å². The van der Waals surface area contributed by atoms with E-state index in [2.05, 4.69) is 0 Å². The summed E-state index contributed by atoms with van der Waals surface area (Å²) in [6, 6.07) is 0.726. The van der Waals surface area contributed by atoms with E-state index in [-0.39, 0.29) is 22.8 Å². The monoisotopic (exact) mass is 145 g/mol. The van der Waals surface area contributed by atoms with Crippen LogP contribution in [-0.2, 0) is 0 Å². The maximum atomic E-state index is 9.00. The average molecular weight is 146 g/mol. The van der Waals surface area contributed by atoms with Crippen LogP contribution in [0.25, 0.3) is 0 Å². The number of nitrogens with two attached hydrogens (primary N) is 1. The Morgan fingerprint density at radius 1 is 1.78 bits per heavy atom. The molecule has 1 aromatic rings. The van der Waals surface area contributed by atoms with E-state index in [1.165, 1.54) is 6.07 Å². The van der Waals surface area contributed by atoms with Crippen molar-refractivity contribution in [2.75, 3.05) is 5.73 Å². The molecule has 0 aliphatic rings. The van der Waals surface area contributed by atoms with Crippen molar-refractivity contribution >= 4 is 17.3 Å². The van der Waals surface area contributed by atoms with Crippen LogP contribution in [0.3, 0.4) is 0 Å². The average Bonchev–Trinajstić information content (AvgIpc) is 1.97. The third-order valence-corrected chi connectivity index (χ3v) is 1.16. The highest BCUT2D eigenvalue weighted by Gasteiger charge is 1.93. The number of hydrogen-bond donors (Lipinski definition) is 2. The second-order valence-electron chi connectivity index (χ2n) is 1.53. The number of halogens is 1. The summed E-state index contributed by atoms with van der Waals surface area (Å²) >= 11 is 5.50.